The van der Waals surface area contributed by atoms with E-state index in [9.17, 15) is 14.9 Å². The van der Waals surface area contributed by atoms with Crippen molar-refractivity contribution in [1.29, 1.82) is 0 Å². The zero-order chi connectivity index (χ0) is 15.2. The lowest BCUT2D eigenvalue weighted by Crippen LogP contribution is -2.20. The first kappa shape index (κ1) is 14.5. The number of rotatable bonds is 3. The molecule has 0 aliphatic heterocycles. The van der Waals surface area contributed by atoms with Crippen LogP contribution in [0.3, 0.4) is 0 Å². The summed E-state index contributed by atoms with van der Waals surface area (Å²) in [6.07, 6.45) is 3.56. The fourth-order valence-corrected chi connectivity index (χ4v) is 1.90. The van der Waals surface area contributed by atoms with Crippen LogP contribution in [-0.2, 0) is 4.79 Å². The molecule has 0 bridgehead atoms. The molecule has 106 valence electrons. The van der Waals surface area contributed by atoms with Crippen LogP contribution >= 0.6 is 0 Å². The quantitative estimate of drug-likeness (QED) is 0.404. The van der Waals surface area contributed by atoms with E-state index in [-0.39, 0.29) is 11.6 Å². The number of amides is 1. The van der Waals surface area contributed by atoms with Gasteiger partial charge in [-0.3, -0.25) is 19.9 Å². The van der Waals surface area contributed by atoms with Crippen molar-refractivity contribution < 1.29 is 9.72 Å². The minimum absolute atomic E-state index is 0.0156. The molecular weight excluding hydrogens is 270 g/mol. The Bertz CT molecular complexity index is 760. The van der Waals surface area contributed by atoms with Crippen LogP contribution in [0, 0.1) is 22.0 Å². The fraction of sp³-hybridized carbons (Fsp3) is 0.200. The van der Waals surface area contributed by atoms with Gasteiger partial charge in [0, 0.05) is 49.3 Å². The minimum atomic E-state index is -0.433. The predicted octanol–water partition coefficient (Wildman–Crippen LogP) is 2.02. The summed E-state index contributed by atoms with van der Waals surface area (Å²) < 4.78 is 0. The Morgan fingerprint density at radius 1 is 1.38 bits per heavy atom. The van der Waals surface area contributed by atoms with Gasteiger partial charge in [-0.2, -0.15) is 0 Å². The van der Waals surface area contributed by atoms with Gasteiger partial charge in [0.25, 0.3) is 5.69 Å². The molecule has 0 fully saturated rings. The number of nitro benzene ring substituents is 1. The SMILES string of the molecule is CC(=O)NCCC#Cc1ccc([N+](=O)[O-])c2cnccc12. The normalized spacial score (nSPS) is 9.76. The lowest BCUT2D eigenvalue weighted by molar-refractivity contribution is -0.383. The molecule has 0 saturated carbocycles. The smallest absolute Gasteiger partial charge is 0.278 e. The lowest BCUT2D eigenvalue weighted by Gasteiger charge is -2.01. The Kier molecular flexibility index (Phi) is 4.46. The van der Waals surface area contributed by atoms with Crippen molar-refractivity contribution in [3.63, 3.8) is 0 Å². The van der Waals surface area contributed by atoms with Crippen molar-refractivity contribution in [2.45, 2.75) is 13.3 Å². The molecule has 0 spiro atoms. The molecule has 0 aliphatic rings. The van der Waals surface area contributed by atoms with Gasteiger partial charge >= 0.3 is 0 Å². The van der Waals surface area contributed by atoms with Crippen LogP contribution in [0.15, 0.2) is 30.6 Å². The van der Waals surface area contributed by atoms with Crippen LogP contribution in [0.2, 0.25) is 0 Å². The molecule has 0 radical (unpaired) electrons. The van der Waals surface area contributed by atoms with E-state index in [0.717, 1.165) is 0 Å². The first-order chi connectivity index (χ1) is 10.1. The molecule has 0 aliphatic carbocycles. The molecule has 0 atom stereocenters. The van der Waals surface area contributed by atoms with Gasteiger partial charge in [0.1, 0.15) is 0 Å². The maximum atomic E-state index is 11.0. The van der Waals surface area contributed by atoms with E-state index in [2.05, 4.69) is 22.1 Å². The molecule has 2 aromatic rings. The number of pyridine rings is 1. The third-order valence-corrected chi connectivity index (χ3v) is 2.84. The summed E-state index contributed by atoms with van der Waals surface area (Å²) in [5.41, 5.74) is 0.725. The number of hydrogen-bond donors (Lipinski definition) is 1. The van der Waals surface area contributed by atoms with E-state index in [0.29, 0.717) is 29.3 Å². The first-order valence-electron chi connectivity index (χ1n) is 6.34. The summed E-state index contributed by atoms with van der Waals surface area (Å²) in [7, 11) is 0. The zero-order valence-corrected chi connectivity index (χ0v) is 11.4. The molecule has 1 aromatic carbocycles. The summed E-state index contributed by atoms with van der Waals surface area (Å²) in [6.45, 7) is 1.93. The highest BCUT2D eigenvalue weighted by molar-refractivity contribution is 5.94. The molecule has 0 unspecified atom stereocenters. The van der Waals surface area contributed by atoms with Gasteiger partial charge in [0.2, 0.25) is 5.91 Å². The highest BCUT2D eigenvalue weighted by atomic mass is 16.6. The fourth-order valence-electron chi connectivity index (χ4n) is 1.90. The second kappa shape index (κ2) is 6.48. The second-order valence-electron chi connectivity index (χ2n) is 4.35. The van der Waals surface area contributed by atoms with E-state index in [1.165, 1.54) is 19.2 Å². The highest BCUT2D eigenvalue weighted by Crippen LogP contribution is 2.26. The van der Waals surface area contributed by atoms with Crippen molar-refractivity contribution in [3.05, 3.63) is 46.3 Å². The Morgan fingerprint density at radius 2 is 2.19 bits per heavy atom. The Morgan fingerprint density at radius 3 is 2.90 bits per heavy atom. The topological polar surface area (TPSA) is 85.1 Å². The van der Waals surface area contributed by atoms with Gasteiger partial charge < -0.3 is 5.32 Å². The van der Waals surface area contributed by atoms with Crippen LogP contribution in [0.1, 0.15) is 18.9 Å². The molecule has 1 aromatic heterocycles. The van der Waals surface area contributed by atoms with Crippen LogP contribution in [0.5, 0.6) is 0 Å². The summed E-state index contributed by atoms with van der Waals surface area (Å²) in [6, 6.07) is 4.77. The van der Waals surface area contributed by atoms with Gasteiger partial charge in [-0.1, -0.05) is 11.8 Å². The maximum absolute atomic E-state index is 11.0. The molecule has 1 heterocycles. The summed E-state index contributed by atoms with van der Waals surface area (Å²) in [5.74, 6) is 5.82. The molecule has 2 rings (SSSR count). The number of hydrogen-bond acceptors (Lipinski definition) is 4. The van der Waals surface area contributed by atoms with Crippen molar-refractivity contribution in [1.82, 2.24) is 10.3 Å². The first-order valence-corrected chi connectivity index (χ1v) is 6.34. The molecule has 1 N–H and O–H groups in total. The second-order valence-corrected chi connectivity index (χ2v) is 4.35. The van der Waals surface area contributed by atoms with E-state index in [4.69, 9.17) is 0 Å². The molecule has 6 heteroatoms. The average molecular weight is 283 g/mol. The van der Waals surface area contributed by atoms with Crippen LogP contribution in [-0.4, -0.2) is 22.4 Å². The Balaban J connectivity index is 2.30. The van der Waals surface area contributed by atoms with Crippen molar-refractivity contribution >= 4 is 22.4 Å². The van der Waals surface area contributed by atoms with Crippen LogP contribution in [0.25, 0.3) is 10.8 Å². The number of nitro groups is 1. The number of nitrogens with zero attached hydrogens (tertiary/aromatic N) is 2. The summed E-state index contributed by atoms with van der Waals surface area (Å²) in [4.78, 5) is 25.2. The monoisotopic (exact) mass is 283 g/mol. The molecule has 1 amide bonds. The number of non-ortho nitro benzene ring substituents is 1. The van der Waals surface area contributed by atoms with Crippen molar-refractivity contribution in [2.75, 3.05) is 6.54 Å². The number of aromatic nitrogens is 1. The third kappa shape index (κ3) is 3.54. The van der Waals surface area contributed by atoms with E-state index >= 15 is 0 Å². The predicted molar refractivity (Wildman–Crippen MR) is 78.6 cm³/mol. The van der Waals surface area contributed by atoms with E-state index in [1.807, 2.05) is 0 Å². The molecule has 21 heavy (non-hydrogen) atoms. The van der Waals surface area contributed by atoms with Crippen molar-refractivity contribution in [2.24, 2.45) is 0 Å². The highest BCUT2D eigenvalue weighted by Gasteiger charge is 2.13. The maximum Gasteiger partial charge on any atom is 0.278 e. The lowest BCUT2D eigenvalue weighted by atomic mass is 10.1. The van der Waals surface area contributed by atoms with Crippen molar-refractivity contribution in [3.8, 4) is 11.8 Å². The Hall–Kier alpha value is -2.94. The summed E-state index contributed by atoms with van der Waals surface area (Å²) >= 11 is 0. The van der Waals surface area contributed by atoms with Gasteiger partial charge in [0.15, 0.2) is 0 Å². The zero-order valence-electron chi connectivity index (χ0n) is 11.4. The number of nitrogens with one attached hydrogen (secondary N) is 1. The summed E-state index contributed by atoms with van der Waals surface area (Å²) in [5, 5.41) is 14.8. The standard InChI is InChI=1S/C15H13N3O3/c1-11(19)17-8-3-2-4-12-5-6-15(18(20)21)14-10-16-9-7-13(12)14/h5-7,9-10H,3,8H2,1H3,(H,17,19). The number of fused-ring (bicyclic) bond motifs is 1. The largest absolute Gasteiger partial charge is 0.355 e. The van der Waals surface area contributed by atoms with Gasteiger partial charge in [-0.05, 0) is 12.1 Å². The number of benzene rings is 1. The molecular formula is C15H13N3O3. The van der Waals surface area contributed by atoms with Gasteiger partial charge in [0.05, 0.1) is 10.3 Å². The molecule has 6 nitrogen and oxygen atoms in total. The third-order valence-electron chi connectivity index (χ3n) is 2.84. The van der Waals surface area contributed by atoms with Gasteiger partial charge in [-0.15, -0.1) is 0 Å². The number of carbonyl (C=O) groups is 1. The molecule has 0 saturated heterocycles. The average Bonchev–Trinajstić information content (AvgIpc) is 2.46. The van der Waals surface area contributed by atoms with E-state index < -0.39 is 4.92 Å². The Labute approximate surface area is 121 Å². The van der Waals surface area contributed by atoms with E-state index in [1.54, 1.807) is 18.3 Å². The van der Waals surface area contributed by atoms with Crippen LogP contribution in [0.4, 0.5) is 5.69 Å². The minimum Gasteiger partial charge on any atom is -0.355 e. The van der Waals surface area contributed by atoms with Gasteiger partial charge in [-0.25, -0.2) is 0 Å². The number of carbonyl (C=O) groups excluding carboxylic acids is 1. The van der Waals surface area contributed by atoms with Crippen LogP contribution < -0.4 is 5.32 Å².